The molecule has 2 aromatic carbocycles. The number of rotatable bonds is 5. The molecule has 0 spiro atoms. The van der Waals surface area contributed by atoms with E-state index >= 15 is 0 Å². The molecule has 2 aromatic rings. The van der Waals surface area contributed by atoms with Gasteiger partial charge in [0.25, 0.3) is 0 Å². The van der Waals surface area contributed by atoms with Gasteiger partial charge in [-0.2, -0.15) is 4.31 Å². The summed E-state index contributed by atoms with van der Waals surface area (Å²) in [4.78, 5) is 0.265. The van der Waals surface area contributed by atoms with E-state index in [2.05, 4.69) is 0 Å². The Hall–Kier alpha value is -1.43. The molecule has 0 atom stereocenters. The zero-order chi connectivity index (χ0) is 13.9. The summed E-state index contributed by atoms with van der Waals surface area (Å²) in [6.07, 6.45) is 0. The fourth-order valence-corrected chi connectivity index (χ4v) is 3.51. The van der Waals surface area contributed by atoms with Crippen molar-refractivity contribution in [2.75, 3.05) is 19.7 Å². The van der Waals surface area contributed by atoms with Crippen molar-refractivity contribution in [1.29, 1.82) is 0 Å². The van der Waals surface area contributed by atoms with Crippen LogP contribution >= 0.6 is 0 Å². The summed E-state index contributed by atoms with van der Waals surface area (Å²) in [7, 11) is -3.53. The van der Waals surface area contributed by atoms with Crippen molar-refractivity contribution in [3.05, 3.63) is 42.5 Å². The number of sulfonamides is 1. The van der Waals surface area contributed by atoms with Crippen LogP contribution in [0.5, 0.6) is 0 Å². The second-order valence-corrected chi connectivity index (χ2v) is 6.17. The monoisotopic (exact) mass is 279 g/mol. The van der Waals surface area contributed by atoms with E-state index < -0.39 is 10.0 Å². The third-order valence-electron chi connectivity index (χ3n) is 3.06. The molecule has 102 valence electrons. The second kappa shape index (κ2) is 5.69. The van der Waals surface area contributed by atoms with Gasteiger partial charge < -0.3 is 5.11 Å². The Kier molecular flexibility index (Phi) is 4.19. The van der Waals surface area contributed by atoms with Gasteiger partial charge in [-0.05, 0) is 22.9 Å². The van der Waals surface area contributed by atoms with E-state index in [1.807, 2.05) is 24.3 Å². The third kappa shape index (κ3) is 2.78. The molecule has 19 heavy (non-hydrogen) atoms. The Balaban J connectivity index is 2.48. The molecule has 0 aliphatic rings. The highest BCUT2D eigenvalue weighted by molar-refractivity contribution is 7.89. The molecular formula is C14H17NO3S. The lowest BCUT2D eigenvalue weighted by atomic mass is 10.1. The van der Waals surface area contributed by atoms with Crippen LogP contribution < -0.4 is 0 Å². The number of nitrogens with zero attached hydrogens (tertiary/aromatic N) is 1. The molecule has 0 unspecified atom stereocenters. The number of hydrogen-bond donors (Lipinski definition) is 1. The summed E-state index contributed by atoms with van der Waals surface area (Å²) in [6, 6.07) is 12.7. The molecule has 0 aliphatic carbocycles. The van der Waals surface area contributed by atoms with Gasteiger partial charge in [-0.15, -0.1) is 0 Å². The smallest absolute Gasteiger partial charge is 0.243 e. The van der Waals surface area contributed by atoms with E-state index in [1.165, 1.54) is 4.31 Å². The average molecular weight is 279 g/mol. The maximum absolute atomic E-state index is 12.4. The lowest BCUT2D eigenvalue weighted by molar-refractivity contribution is 0.257. The highest BCUT2D eigenvalue weighted by Crippen LogP contribution is 2.21. The summed E-state index contributed by atoms with van der Waals surface area (Å²) >= 11 is 0. The minimum Gasteiger partial charge on any atom is -0.395 e. The van der Waals surface area contributed by atoms with Crippen molar-refractivity contribution in [3.63, 3.8) is 0 Å². The van der Waals surface area contributed by atoms with Crippen LogP contribution in [0.4, 0.5) is 0 Å². The first-order valence-electron chi connectivity index (χ1n) is 6.19. The first-order valence-corrected chi connectivity index (χ1v) is 7.63. The van der Waals surface area contributed by atoms with Gasteiger partial charge in [0.15, 0.2) is 0 Å². The normalized spacial score (nSPS) is 12.2. The zero-order valence-corrected chi connectivity index (χ0v) is 11.6. The Labute approximate surface area is 113 Å². The van der Waals surface area contributed by atoms with Crippen LogP contribution in [-0.4, -0.2) is 37.5 Å². The summed E-state index contributed by atoms with van der Waals surface area (Å²) in [5.74, 6) is 0. The number of benzene rings is 2. The Morgan fingerprint density at radius 2 is 1.79 bits per heavy atom. The molecule has 0 aromatic heterocycles. The van der Waals surface area contributed by atoms with Crippen molar-refractivity contribution >= 4 is 20.8 Å². The molecule has 5 heteroatoms. The number of fused-ring (bicyclic) bond motifs is 1. The molecule has 4 nitrogen and oxygen atoms in total. The van der Waals surface area contributed by atoms with Gasteiger partial charge in [0.2, 0.25) is 10.0 Å². The maximum atomic E-state index is 12.4. The van der Waals surface area contributed by atoms with Crippen LogP contribution in [0.3, 0.4) is 0 Å². The summed E-state index contributed by atoms with van der Waals surface area (Å²) in [5, 5.41) is 10.8. The number of aliphatic hydroxyl groups is 1. The Morgan fingerprint density at radius 3 is 2.42 bits per heavy atom. The van der Waals surface area contributed by atoms with E-state index in [0.29, 0.717) is 6.54 Å². The van der Waals surface area contributed by atoms with E-state index in [4.69, 9.17) is 5.11 Å². The minimum absolute atomic E-state index is 0.117. The molecule has 1 N–H and O–H groups in total. The maximum Gasteiger partial charge on any atom is 0.243 e. The van der Waals surface area contributed by atoms with Crippen LogP contribution in [0.2, 0.25) is 0 Å². The highest BCUT2D eigenvalue weighted by atomic mass is 32.2. The van der Waals surface area contributed by atoms with Gasteiger partial charge in [-0.1, -0.05) is 37.3 Å². The summed E-state index contributed by atoms with van der Waals surface area (Å²) in [5.41, 5.74) is 0. The van der Waals surface area contributed by atoms with Crippen molar-refractivity contribution < 1.29 is 13.5 Å². The fraction of sp³-hybridized carbons (Fsp3) is 0.286. The van der Waals surface area contributed by atoms with Gasteiger partial charge in [-0.25, -0.2) is 8.42 Å². The summed E-state index contributed by atoms with van der Waals surface area (Å²) < 4.78 is 26.1. The SMILES string of the molecule is CCN(CCO)S(=O)(=O)c1ccc2ccccc2c1. The number of hydrogen-bond acceptors (Lipinski definition) is 3. The van der Waals surface area contributed by atoms with E-state index in [0.717, 1.165) is 10.8 Å². The van der Waals surface area contributed by atoms with Crippen LogP contribution in [0.1, 0.15) is 6.92 Å². The van der Waals surface area contributed by atoms with Crippen LogP contribution in [0, 0.1) is 0 Å². The molecule has 0 bridgehead atoms. The number of aliphatic hydroxyl groups excluding tert-OH is 1. The van der Waals surface area contributed by atoms with Crippen molar-refractivity contribution in [3.8, 4) is 0 Å². The predicted molar refractivity (Wildman–Crippen MR) is 75.5 cm³/mol. The minimum atomic E-state index is -3.53. The van der Waals surface area contributed by atoms with Crippen LogP contribution in [0.15, 0.2) is 47.4 Å². The first-order chi connectivity index (χ1) is 9.09. The molecule has 0 aliphatic heterocycles. The van der Waals surface area contributed by atoms with E-state index in [1.54, 1.807) is 25.1 Å². The average Bonchev–Trinajstić information content (AvgIpc) is 2.44. The van der Waals surface area contributed by atoms with E-state index in [-0.39, 0.29) is 18.0 Å². The van der Waals surface area contributed by atoms with Crippen LogP contribution in [-0.2, 0) is 10.0 Å². The Morgan fingerprint density at radius 1 is 1.11 bits per heavy atom. The van der Waals surface area contributed by atoms with E-state index in [9.17, 15) is 8.42 Å². The zero-order valence-electron chi connectivity index (χ0n) is 10.8. The first kappa shape index (κ1) is 14.0. The molecule has 0 fully saturated rings. The standard InChI is InChI=1S/C14H17NO3S/c1-2-15(9-10-16)19(17,18)14-8-7-12-5-3-4-6-13(12)11-14/h3-8,11,16H,2,9-10H2,1H3. The number of likely N-dealkylation sites (N-methyl/N-ethyl adjacent to an activating group) is 1. The molecule has 0 radical (unpaired) electrons. The quantitative estimate of drug-likeness (QED) is 0.908. The van der Waals surface area contributed by atoms with Gasteiger partial charge in [0.1, 0.15) is 0 Å². The highest BCUT2D eigenvalue weighted by Gasteiger charge is 2.22. The van der Waals surface area contributed by atoms with Gasteiger partial charge in [0, 0.05) is 13.1 Å². The second-order valence-electron chi connectivity index (χ2n) is 4.23. The fourth-order valence-electron chi connectivity index (χ4n) is 2.04. The molecule has 2 rings (SSSR count). The van der Waals surface area contributed by atoms with Crippen LogP contribution in [0.25, 0.3) is 10.8 Å². The third-order valence-corrected chi connectivity index (χ3v) is 5.03. The van der Waals surface area contributed by atoms with Gasteiger partial charge >= 0.3 is 0 Å². The lowest BCUT2D eigenvalue weighted by Gasteiger charge is -2.19. The lowest BCUT2D eigenvalue weighted by Crippen LogP contribution is -2.33. The van der Waals surface area contributed by atoms with Gasteiger partial charge in [-0.3, -0.25) is 0 Å². The van der Waals surface area contributed by atoms with Gasteiger partial charge in [0.05, 0.1) is 11.5 Å². The Bertz CT molecular complexity index is 667. The van der Waals surface area contributed by atoms with Crippen molar-refractivity contribution in [2.45, 2.75) is 11.8 Å². The van der Waals surface area contributed by atoms with Crippen molar-refractivity contribution in [2.24, 2.45) is 0 Å². The molecular weight excluding hydrogens is 262 g/mol. The van der Waals surface area contributed by atoms with Crippen molar-refractivity contribution in [1.82, 2.24) is 4.31 Å². The predicted octanol–water partition coefficient (Wildman–Crippen LogP) is 1.84. The topological polar surface area (TPSA) is 57.6 Å². The summed E-state index contributed by atoms with van der Waals surface area (Å²) in [6.45, 7) is 2.04. The largest absolute Gasteiger partial charge is 0.395 e. The molecule has 0 amide bonds. The molecule has 0 heterocycles. The molecule has 0 saturated carbocycles. The molecule has 0 saturated heterocycles.